The molecule has 4 heterocycles. The van der Waals surface area contributed by atoms with Crippen LogP contribution in [-0.2, 0) is 17.6 Å². The third kappa shape index (κ3) is 4.01. The Morgan fingerprint density at radius 2 is 2.21 bits per heavy atom. The maximum absolute atomic E-state index is 13.6. The molecule has 10 heteroatoms. The number of nitrogens with one attached hydrogen (secondary N) is 3. The van der Waals surface area contributed by atoms with E-state index in [-0.39, 0.29) is 11.5 Å². The van der Waals surface area contributed by atoms with E-state index in [0.717, 1.165) is 42.4 Å². The van der Waals surface area contributed by atoms with Crippen LogP contribution < -0.4 is 15.5 Å². The van der Waals surface area contributed by atoms with Crippen molar-refractivity contribution in [1.82, 2.24) is 25.1 Å². The molecule has 33 heavy (non-hydrogen) atoms. The number of carbonyl (C=O) groups is 1. The molecule has 0 bridgehead atoms. The summed E-state index contributed by atoms with van der Waals surface area (Å²) in [4.78, 5) is 26.2. The summed E-state index contributed by atoms with van der Waals surface area (Å²) in [7, 11) is 0. The summed E-state index contributed by atoms with van der Waals surface area (Å²) in [5.41, 5.74) is 2.12. The van der Waals surface area contributed by atoms with Crippen molar-refractivity contribution in [2.75, 3.05) is 22.0 Å². The third-order valence-electron chi connectivity index (χ3n) is 5.76. The number of fused-ring (bicyclic) bond motifs is 1. The van der Waals surface area contributed by atoms with Crippen LogP contribution in [0.4, 0.5) is 27.7 Å². The van der Waals surface area contributed by atoms with E-state index in [2.05, 4.69) is 35.8 Å². The lowest BCUT2D eigenvalue weighted by atomic mass is 10.2. The van der Waals surface area contributed by atoms with E-state index in [9.17, 15) is 9.18 Å². The van der Waals surface area contributed by atoms with Crippen molar-refractivity contribution in [2.45, 2.75) is 56.8 Å². The van der Waals surface area contributed by atoms with Gasteiger partial charge in [-0.1, -0.05) is 0 Å². The van der Waals surface area contributed by atoms with Crippen LogP contribution in [0.3, 0.4) is 0 Å². The van der Waals surface area contributed by atoms with Crippen molar-refractivity contribution in [3.63, 3.8) is 0 Å². The predicted molar refractivity (Wildman–Crippen MR) is 121 cm³/mol. The Bertz CT molecular complexity index is 1500. The number of nitrogens with zero attached hydrogens (tertiary/aromatic N) is 5. The smallest absolute Gasteiger partial charge is 0.247 e. The molecule has 0 radical (unpaired) electrons. The molecule has 1 amide bonds. The van der Waals surface area contributed by atoms with E-state index in [4.69, 9.17) is 9.60 Å². The molecule has 3 N–H and O–H groups in total. The average molecular weight is 456 g/mol. The number of halogens is 1. The van der Waals surface area contributed by atoms with Gasteiger partial charge in [0.15, 0.2) is 5.82 Å². The molecule has 3 aromatic rings. The molecule has 2 fully saturated rings. The second-order valence-corrected chi connectivity index (χ2v) is 8.13. The number of rotatable bonds is 6. The molecule has 1 saturated heterocycles. The SMILES string of the molecule is [2H]C1([2H])N(c2nc3c(c(Nc4cc(C5CC5)[nH]n4)n2)CCC3)C([2H])(C(=O)Nc2ccc(F)nc2)C([2H])([2H])C1([2H])[2H]. The summed E-state index contributed by atoms with van der Waals surface area (Å²) in [5.74, 6) is -1.66. The van der Waals surface area contributed by atoms with Gasteiger partial charge in [0.25, 0.3) is 0 Å². The highest BCUT2D eigenvalue weighted by Crippen LogP contribution is 2.40. The summed E-state index contributed by atoms with van der Waals surface area (Å²) in [6.45, 7) is -3.24. The first-order valence-corrected chi connectivity index (χ1v) is 10.7. The van der Waals surface area contributed by atoms with E-state index in [1.54, 1.807) is 0 Å². The molecule has 0 spiro atoms. The monoisotopic (exact) mass is 455 g/mol. The van der Waals surface area contributed by atoms with Gasteiger partial charge >= 0.3 is 0 Å². The number of amides is 1. The van der Waals surface area contributed by atoms with Gasteiger partial charge in [-0.3, -0.25) is 9.89 Å². The summed E-state index contributed by atoms with van der Waals surface area (Å²) in [6.07, 6.45) is -1.89. The van der Waals surface area contributed by atoms with Gasteiger partial charge in [-0.25, -0.2) is 9.97 Å². The molecule has 1 unspecified atom stereocenters. The van der Waals surface area contributed by atoms with Crippen LogP contribution in [0.5, 0.6) is 0 Å². The van der Waals surface area contributed by atoms with Crippen molar-refractivity contribution in [3.8, 4) is 0 Å². The zero-order chi connectivity index (χ0) is 28.7. The Kier molecular flexibility index (Phi) is 3.40. The molecule has 1 aliphatic heterocycles. The van der Waals surface area contributed by atoms with Crippen molar-refractivity contribution in [1.29, 1.82) is 0 Å². The Hall–Kier alpha value is -3.56. The lowest BCUT2D eigenvalue weighted by Crippen LogP contribution is -2.40. The minimum atomic E-state index is -3.40. The number of carbonyl (C=O) groups excluding carboxylic acids is 1. The van der Waals surface area contributed by atoms with E-state index in [1.807, 2.05) is 6.07 Å². The molecule has 1 saturated carbocycles. The standard InChI is InChI=1S/C23H25FN8O/c24-19-9-8-14(12-25-19)26-22(33)18-5-2-10-32(18)23-27-16-4-1-3-15(16)21(29-23)28-20-11-17(30-31-20)13-6-7-13/h8-9,11-13,18H,1-7,10H2,(H,26,33)(H2,27,28,29,30,31)/i2D2,5D2,10D2,18D. The number of aromatic amines is 1. The van der Waals surface area contributed by atoms with Crippen molar-refractivity contribution in [2.24, 2.45) is 0 Å². The minimum Gasteiger partial charge on any atom is -0.329 e. The number of aromatic nitrogens is 5. The molecule has 0 aromatic carbocycles. The fourth-order valence-corrected chi connectivity index (χ4v) is 3.95. The molecule has 9 nitrogen and oxygen atoms in total. The second-order valence-electron chi connectivity index (χ2n) is 8.13. The van der Waals surface area contributed by atoms with Gasteiger partial charge in [0.1, 0.15) is 11.8 Å². The van der Waals surface area contributed by atoms with E-state index in [0.29, 0.717) is 41.6 Å². The molecule has 1 atom stereocenters. The van der Waals surface area contributed by atoms with Crippen LogP contribution in [0, 0.1) is 5.95 Å². The van der Waals surface area contributed by atoms with Crippen LogP contribution in [0.25, 0.3) is 0 Å². The molecule has 2 aliphatic carbocycles. The van der Waals surface area contributed by atoms with Crippen LogP contribution in [0.2, 0.25) is 0 Å². The molecular weight excluding hydrogens is 423 g/mol. The first-order valence-electron chi connectivity index (χ1n) is 14.2. The Balaban J connectivity index is 1.45. The van der Waals surface area contributed by atoms with Crippen LogP contribution in [0.1, 0.15) is 64.5 Å². The number of anilines is 4. The zero-order valence-corrected chi connectivity index (χ0v) is 17.4. The summed E-state index contributed by atoms with van der Waals surface area (Å²) in [5, 5.41) is 12.6. The highest BCUT2D eigenvalue weighted by molar-refractivity contribution is 5.96. The normalized spacial score (nSPS) is 29.5. The number of pyridine rings is 1. The summed E-state index contributed by atoms with van der Waals surface area (Å²) in [6, 6.07) is 0.683. The molecule has 6 rings (SSSR count). The third-order valence-corrected chi connectivity index (χ3v) is 5.76. The van der Waals surface area contributed by atoms with Gasteiger partial charge in [0.2, 0.25) is 17.8 Å². The topological polar surface area (TPSA) is 112 Å². The van der Waals surface area contributed by atoms with Crippen molar-refractivity contribution in [3.05, 3.63) is 47.3 Å². The lowest BCUT2D eigenvalue weighted by Gasteiger charge is -2.25. The number of aryl methyl sites for hydroxylation is 1. The fourth-order valence-electron chi connectivity index (χ4n) is 3.95. The van der Waals surface area contributed by atoms with E-state index in [1.165, 1.54) is 0 Å². The summed E-state index contributed by atoms with van der Waals surface area (Å²) >= 11 is 0. The Morgan fingerprint density at radius 1 is 1.30 bits per heavy atom. The highest BCUT2D eigenvalue weighted by Gasteiger charge is 2.34. The van der Waals surface area contributed by atoms with Crippen LogP contribution >= 0.6 is 0 Å². The van der Waals surface area contributed by atoms with Crippen LogP contribution in [-0.4, -0.2) is 43.6 Å². The predicted octanol–water partition coefficient (Wildman–Crippen LogP) is 3.45. The first kappa shape index (κ1) is 13.9. The van der Waals surface area contributed by atoms with Gasteiger partial charge in [0.05, 0.1) is 18.9 Å². The Labute approximate surface area is 200 Å². The number of H-pyrrole nitrogens is 1. The van der Waals surface area contributed by atoms with E-state index >= 15 is 0 Å². The molecular formula is C23H25FN8O. The first-order chi connectivity index (χ1) is 18.8. The average Bonchev–Trinajstić information content (AvgIpc) is 3.42. The van der Waals surface area contributed by atoms with Gasteiger partial charge in [-0.05, 0) is 57.0 Å². The fraction of sp³-hybridized carbons (Fsp3) is 0.435. The zero-order valence-electron chi connectivity index (χ0n) is 24.4. The maximum atomic E-state index is 13.6. The van der Waals surface area contributed by atoms with E-state index < -0.39 is 43.1 Å². The number of hydrogen-bond acceptors (Lipinski definition) is 7. The van der Waals surface area contributed by atoms with Crippen LogP contribution in [0.15, 0.2) is 24.4 Å². The Morgan fingerprint density at radius 3 is 3.03 bits per heavy atom. The maximum Gasteiger partial charge on any atom is 0.247 e. The number of hydrogen-bond donors (Lipinski definition) is 3. The van der Waals surface area contributed by atoms with Crippen molar-refractivity contribution < 1.29 is 18.8 Å². The molecule has 3 aromatic heterocycles. The second kappa shape index (κ2) is 8.09. The largest absolute Gasteiger partial charge is 0.329 e. The lowest BCUT2D eigenvalue weighted by molar-refractivity contribution is -0.117. The van der Waals surface area contributed by atoms with Gasteiger partial charge in [-0.2, -0.15) is 14.5 Å². The quantitative estimate of drug-likeness (QED) is 0.488. The highest BCUT2D eigenvalue weighted by atomic mass is 19.1. The molecule has 170 valence electrons. The van der Waals surface area contributed by atoms with Gasteiger partial charge < -0.3 is 15.5 Å². The van der Waals surface area contributed by atoms with Gasteiger partial charge in [-0.15, -0.1) is 0 Å². The van der Waals surface area contributed by atoms with Gasteiger partial charge in [0, 0.05) is 38.0 Å². The molecule has 3 aliphatic rings. The van der Waals surface area contributed by atoms with Crippen molar-refractivity contribution >= 4 is 29.2 Å². The summed E-state index contributed by atoms with van der Waals surface area (Å²) < 4.78 is 73.5. The minimum absolute atomic E-state index is 0.0935.